The molecule has 0 radical (unpaired) electrons. The Kier molecular flexibility index (Phi) is 7.29. The van der Waals surface area contributed by atoms with Crippen molar-refractivity contribution in [2.75, 3.05) is 26.3 Å². The molecule has 10 nitrogen and oxygen atoms in total. The summed E-state index contributed by atoms with van der Waals surface area (Å²) in [5.74, 6) is 1.50. The molecule has 2 saturated carbocycles. The molecule has 5 rings (SSSR count). The second kappa shape index (κ2) is 10.5. The monoisotopic (exact) mass is 515 g/mol. The third kappa shape index (κ3) is 5.12. The molecule has 1 aromatic carbocycles. The first-order valence-corrected chi connectivity index (χ1v) is 13.5. The molecule has 1 saturated heterocycles. The number of piperidine rings is 1. The van der Waals surface area contributed by atoms with E-state index in [0.29, 0.717) is 49.6 Å². The molecule has 3 fully saturated rings. The van der Waals surface area contributed by atoms with Crippen molar-refractivity contribution in [2.24, 2.45) is 28.3 Å². The van der Waals surface area contributed by atoms with Crippen LogP contribution in [0.15, 0.2) is 23.4 Å². The second-order valence-corrected chi connectivity index (χ2v) is 11.5. The number of likely N-dealkylation sites (tertiary alicyclic amines) is 1. The maximum absolute atomic E-state index is 12.8. The number of rotatable bonds is 7. The van der Waals surface area contributed by atoms with E-state index in [1.807, 2.05) is 6.07 Å². The lowest BCUT2D eigenvalue weighted by Crippen LogP contribution is -2.45. The molecule has 10 heteroatoms. The van der Waals surface area contributed by atoms with Crippen molar-refractivity contribution in [1.82, 2.24) is 4.90 Å². The molecule has 5 atom stereocenters. The molecule has 2 N–H and O–H groups in total. The fraction of sp³-hybridized carbons (Fsp3) is 0.704. The Balaban J connectivity index is 1.22. The predicted octanol–water partition coefficient (Wildman–Crippen LogP) is 3.62. The lowest BCUT2D eigenvalue weighted by atomic mass is 9.55. The highest BCUT2D eigenvalue weighted by Gasteiger charge is 2.55. The highest BCUT2D eigenvalue weighted by Crippen LogP contribution is 2.61. The number of phenols is 1. The van der Waals surface area contributed by atoms with Gasteiger partial charge in [0.15, 0.2) is 6.61 Å². The third-order valence-corrected chi connectivity index (χ3v) is 9.62. The van der Waals surface area contributed by atoms with Crippen LogP contribution in [0.2, 0.25) is 0 Å². The van der Waals surface area contributed by atoms with E-state index < -0.39 is 5.09 Å². The van der Waals surface area contributed by atoms with Crippen LogP contribution in [0, 0.1) is 33.3 Å². The molecule has 0 bridgehead atoms. The van der Waals surface area contributed by atoms with Crippen molar-refractivity contribution in [3.63, 3.8) is 0 Å². The largest absolute Gasteiger partial charge is 0.508 e. The number of benzene rings is 1. The van der Waals surface area contributed by atoms with E-state index in [1.165, 1.54) is 5.56 Å². The zero-order valence-electron chi connectivity index (χ0n) is 21.4. The van der Waals surface area contributed by atoms with Gasteiger partial charge in [-0.05, 0) is 98.1 Å². The number of hydrogen-bond donors (Lipinski definition) is 2. The average Bonchev–Trinajstić information content (AvgIpc) is 3.18. The summed E-state index contributed by atoms with van der Waals surface area (Å²) in [6.45, 7) is 3.34. The van der Waals surface area contributed by atoms with Crippen LogP contribution in [0.3, 0.4) is 0 Å². The predicted molar refractivity (Wildman–Crippen MR) is 134 cm³/mol. The van der Waals surface area contributed by atoms with Gasteiger partial charge in [0.1, 0.15) is 5.75 Å². The number of oxime groups is 1. The van der Waals surface area contributed by atoms with E-state index in [9.17, 15) is 25.1 Å². The van der Waals surface area contributed by atoms with Gasteiger partial charge in [-0.25, -0.2) is 0 Å². The van der Waals surface area contributed by atoms with Gasteiger partial charge in [-0.3, -0.25) is 4.79 Å². The minimum absolute atomic E-state index is 0.0703. The number of amides is 1. The molecule has 4 aliphatic rings. The van der Waals surface area contributed by atoms with Crippen molar-refractivity contribution >= 4 is 11.6 Å². The number of carbonyl (C=O) groups is 1. The van der Waals surface area contributed by atoms with Crippen LogP contribution < -0.4 is 0 Å². The van der Waals surface area contributed by atoms with Gasteiger partial charge in [-0.2, -0.15) is 0 Å². The molecule has 37 heavy (non-hydrogen) atoms. The normalized spacial score (nSPS) is 32.4. The minimum atomic E-state index is -0.770. The number of fused-ring (bicyclic) bond motifs is 5. The summed E-state index contributed by atoms with van der Waals surface area (Å²) >= 11 is 0. The molecule has 1 aliphatic heterocycles. The summed E-state index contributed by atoms with van der Waals surface area (Å²) in [5.41, 5.74) is 2.76. The van der Waals surface area contributed by atoms with E-state index in [1.54, 1.807) is 17.0 Å². The second-order valence-electron chi connectivity index (χ2n) is 11.5. The van der Waals surface area contributed by atoms with Crippen LogP contribution in [0.25, 0.3) is 0 Å². The van der Waals surface area contributed by atoms with Crippen LogP contribution in [0.1, 0.15) is 75.3 Å². The van der Waals surface area contributed by atoms with Gasteiger partial charge < -0.3 is 24.8 Å². The quantitative estimate of drug-likeness (QED) is 0.418. The summed E-state index contributed by atoms with van der Waals surface area (Å²) < 4.78 is 0. The lowest BCUT2D eigenvalue weighted by Gasteiger charge is -2.50. The minimum Gasteiger partial charge on any atom is -0.508 e. The van der Waals surface area contributed by atoms with Gasteiger partial charge in [-0.15, -0.1) is 10.1 Å². The summed E-state index contributed by atoms with van der Waals surface area (Å²) in [4.78, 5) is 34.8. The summed E-state index contributed by atoms with van der Waals surface area (Å²) in [6, 6.07) is 5.48. The zero-order valence-corrected chi connectivity index (χ0v) is 21.4. The van der Waals surface area contributed by atoms with Gasteiger partial charge in [0, 0.05) is 18.7 Å². The first-order valence-electron chi connectivity index (χ1n) is 13.5. The smallest absolute Gasteiger partial charge is 0.294 e. The highest BCUT2D eigenvalue weighted by atomic mass is 16.9. The number of phenolic OH excluding ortho intramolecular Hbond substituents is 1. The van der Waals surface area contributed by atoms with Crippen LogP contribution in [-0.4, -0.2) is 64.2 Å². The van der Waals surface area contributed by atoms with E-state index in [4.69, 9.17) is 4.84 Å². The molecule has 1 aromatic rings. The molecule has 0 spiro atoms. The van der Waals surface area contributed by atoms with Crippen molar-refractivity contribution in [3.8, 4) is 5.75 Å². The molecular formula is C27H37N3O7. The van der Waals surface area contributed by atoms with Crippen molar-refractivity contribution in [1.29, 1.82) is 0 Å². The van der Waals surface area contributed by atoms with Crippen LogP contribution in [0.5, 0.6) is 5.75 Å². The Bertz CT molecular complexity index is 1050. The van der Waals surface area contributed by atoms with Crippen molar-refractivity contribution in [3.05, 3.63) is 39.4 Å². The number of hydrogen-bond acceptors (Lipinski definition) is 8. The fourth-order valence-corrected chi connectivity index (χ4v) is 7.49. The molecule has 0 aromatic heterocycles. The Labute approximate surface area is 216 Å². The van der Waals surface area contributed by atoms with Crippen molar-refractivity contribution < 1.29 is 29.8 Å². The van der Waals surface area contributed by atoms with Crippen molar-refractivity contribution in [2.45, 2.75) is 70.3 Å². The number of aliphatic hydroxyl groups is 1. The first kappa shape index (κ1) is 25.8. The maximum Gasteiger partial charge on any atom is 0.294 e. The number of nitrogens with zero attached hydrogens (tertiary/aromatic N) is 3. The average molecular weight is 516 g/mol. The standard InChI is InChI=1S/C27H37N3O7/c1-27-10-6-20-19-3-2-18(31)14-22(19)24(15-21(20)23(27)4-5-25(27)32)28-36-16-26(33)29-11-7-17(8-12-29)9-13-37-30(34)35/h2-3,14,17,20-21,23,25,31-32H,4-13,15-16H2,1H3/b28-24+/t20-,21-,23+,25+,27+/m1/s1. The molecular weight excluding hydrogens is 478 g/mol. The van der Waals surface area contributed by atoms with Gasteiger partial charge in [0.25, 0.3) is 11.0 Å². The number of aromatic hydroxyl groups is 1. The topological polar surface area (TPSA) is 135 Å². The lowest BCUT2D eigenvalue weighted by molar-refractivity contribution is -0.758. The summed E-state index contributed by atoms with van der Waals surface area (Å²) in [7, 11) is 0. The van der Waals surface area contributed by atoms with Gasteiger partial charge in [0.05, 0.1) is 18.4 Å². The molecule has 0 unspecified atom stereocenters. The van der Waals surface area contributed by atoms with Gasteiger partial charge in [0.2, 0.25) is 0 Å². The molecule has 1 amide bonds. The maximum atomic E-state index is 12.8. The zero-order chi connectivity index (χ0) is 26.2. The van der Waals surface area contributed by atoms with Crippen LogP contribution >= 0.6 is 0 Å². The Morgan fingerprint density at radius 2 is 2.03 bits per heavy atom. The van der Waals surface area contributed by atoms with Crippen LogP contribution in [-0.2, 0) is 14.5 Å². The number of carbonyl (C=O) groups excluding carboxylic acids is 1. The van der Waals surface area contributed by atoms with Gasteiger partial charge in [-0.1, -0.05) is 18.1 Å². The van der Waals surface area contributed by atoms with E-state index >= 15 is 0 Å². The fourth-order valence-electron chi connectivity index (χ4n) is 7.49. The van der Waals surface area contributed by atoms with Crippen LogP contribution in [0.4, 0.5) is 0 Å². The number of aliphatic hydroxyl groups excluding tert-OH is 1. The van der Waals surface area contributed by atoms with E-state index in [0.717, 1.165) is 49.8 Å². The molecule has 3 aliphatic carbocycles. The highest BCUT2D eigenvalue weighted by molar-refractivity contribution is 6.03. The third-order valence-electron chi connectivity index (χ3n) is 9.62. The summed E-state index contributed by atoms with van der Waals surface area (Å²) in [6.07, 6.45) is 6.46. The summed E-state index contributed by atoms with van der Waals surface area (Å²) in [5, 5.41) is 34.9. The SMILES string of the molecule is C[C@]12CC[C@@H]3c4ccc(O)cc4/C(=N/OCC(=O)N4CCC(CCO[N+](=O)[O-])CC4)C[C@H]3[C@@H]1CC[C@@H]2O. The molecule has 1 heterocycles. The molecule has 202 valence electrons. The first-order chi connectivity index (χ1) is 17.8. The Morgan fingerprint density at radius 1 is 1.24 bits per heavy atom. The van der Waals surface area contributed by atoms with Gasteiger partial charge >= 0.3 is 0 Å². The Hall–Kier alpha value is -2.88. The van der Waals surface area contributed by atoms with E-state index in [-0.39, 0.29) is 36.4 Å². The van der Waals surface area contributed by atoms with E-state index in [2.05, 4.69) is 16.9 Å². The Morgan fingerprint density at radius 3 is 2.78 bits per heavy atom.